The molecule has 0 radical (unpaired) electrons. The normalized spacial score (nSPS) is 14.7. The van der Waals surface area contributed by atoms with Gasteiger partial charge in [0.1, 0.15) is 35.1 Å². The third-order valence-corrected chi connectivity index (χ3v) is 8.72. The topological polar surface area (TPSA) is 110 Å². The van der Waals surface area contributed by atoms with Crippen LogP contribution in [0.5, 0.6) is 5.75 Å². The predicted octanol–water partition coefficient (Wildman–Crippen LogP) is 4.63. The highest BCUT2D eigenvalue weighted by Crippen LogP contribution is 2.59. The first-order valence-electron chi connectivity index (χ1n) is 12.2. The van der Waals surface area contributed by atoms with Crippen LogP contribution in [0.15, 0.2) is 31.1 Å². The van der Waals surface area contributed by atoms with Crippen molar-refractivity contribution in [2.45, 2.75) is 38.0 Å². The van der Waals surface area contributed by atoms with E-state index < -0.39 is 17.5 Å². The number of fused-ring (bicyclic) bond motifs is 2. The zero-order valence-electron chi connectivity index (χ0n) is 21.1. The predicted molar refractivity (Wildman–Crippen MR) is 141 cm³/mol. The minimum Gasteiger partial charge on any atom is -0.486 e. The summed E-state index contributed by atoms with van der Waals surface area (Å²) < 4.78 is 35.7. The van der Waals surface area contributed by atoms with E-state index in [9.17, 15) is 14.0 Å². The van der Waals surface area contributed by atoms with Gasteiger partial charge in [0.15, 0.2) is 11.6 Å². The Hall–Kier alpha value is -3.86. The molecule has 3 N–H and O–H groups in total. The number of hydrogen-bond acceptors (Lipinski definition) is 7. The molecule has 1 saturated carbocycles. The molecule has 3 aromatic rings. The van der Waals surface area contributed by atoms with Gasteiger partial charge in [0.25, 0.3) is 5.91 Å². The molecule has 0 aliphatic heterocycles. The third kappa shape index (κ3) is 4.51. The van der Waals surface area contributed by atoms with Crippen molar-refractivity contribution in [3.8, 4) is 17.0 Å². The first-order chi connectivity index (χ1) is 18.1. The van der Waals surface area contributed by atoms with Gasteiger partial charge in [-0.1, -0.05) is 6.58 Å². The van der Waals surface area contributed by atoms with Crippen LogP contribution in [0.1, 0.15) is 44.9 Å². The van der Waals surface area contributed by atoms with E-state index in [1.807, 2.05) is 0 Å². The van der Waals surface area contributed by atoms with E-state index in [-0.39, 0.29) is 52.3 Å². The highest BCUT2D eigenvalue weighted by Gasteiger charge is 2.51. The van der Waals surface area contributed by atoms with Crippen molar-refractivity contribution in [1.29, 1.82) is 0 Å². The van der Waals surface area contributed by atoms with Crippen LogP contribution in [-0.2, 0) is 16.6 Å². The molecule has 1 aromatic carbocycles. The van der Waals surface area contributed by atoms with Crippen LogP contribution in [0.25, 0.3) is 11.3 Å². The van der Waals surface area contributed by atoms with Crippen LogP contribution in [0, 0.1) is 18.6 Å². The number of aromatic nitrogens is 2. The molecule has 1 fully saturated rings. The van der Waals surface area contributed by atoms with E-state index in [1.165, 1.54) is 40.8 Å². The average Bonchev–Trinajstić information content (AvgIpc) is 3.48. The number of nitrogens with two attached hydrogens (primary N) is 1. The van der Waals surface area contributed by atoms with E-state index in [0.717, 1.165) is 24.1 Å². The Morgan fingerprint density at radius 3 is 2.76 bits per heavy atom. The lowest BCUT2D eigenvalue weighted by Crippen LogP contribution is -2.29. The molecule has 11 heteroatoms. The lowest BCUT2D eigenvalue weighted by atomic mass is 10.0. The van der Waals surface area contributed by atoms with Crippen molar-refractivity contribution >= 4 is 34.7 Å². The lowest BCUT2D eigenvalue weighted by molar-refractivity contribution is -0.125. The molecule has 8 nitrogen and oxygen atoms in total. The Bertz CT molecular complexity index is 1470. The fraction of sp³-hybridized carbons (Fsp3) is 0.333. The largest absolute Gasteiger partial charge is 0.486 e. The second kappa shape index (κ2) is 9.79. The second-order valence-corrected chi connectivity index (χ2v) is 10.7. The van der Waals surface area contributed by atoms with Crippen molar-refractivity contribution in [2.75, 3.05) is 31.2 Å². The monoisotopic (exact) mass is 539 g/mol. The van der Waals surface area contributed by atoms with Gasteiger partial charge in [-0.05, 0) is 56.4 Å². The first-order valence-corrected chi connectivity index (χ1v) is 13.0. The molecule has 2 amide bonds. The van der Waals surface area contributed by atoms with Crippen molar-refractivity contribution in [3.63, 3.8) is 0 Å². The molecule has 0 unspecified atom stereocenters. The Labute approximate surface area is 222 Å². The summed E-state index contributed by atoms with van der Waals surface area (Å²) in [6.45, 7) is 5.45. The average molecular weight is 540 g/mol. The van der Waals surface area contributed by atoms with Gasteiger partial charge in [0.05, 0.1) is 6.54 Å². The summed E-state index contributed by atoms with van der Waals surface area (Å²) in [5.74, 6) is -1.84. The molecule has 2 heterocycles. The molecule has 2 aliphatic carbocycles. The molecule has 2 aliphatic rings. The number of nitrogen functional groups attached to an aromatic ring is 1. The first kappa shape index (κ1) is 25.8. The Morgan fingerprint density at radius 2 is 2.05 bits per heavy atom. The number of benzene rings is 1. The molecule has 38 heavy (non-hydrogen) atoms. The highest BCUT2D eigenvalue weighted by atomic mass is 32.1. The maximum atomic E-state index is 15.1. The standard InChI is InChI=1S/C27H27F2N5O3S/c1-4-19(35)34(3)9-10-37-22-21(31-13-32-25(22)30)17-11-15(28)12-18(14(17)2)33-26(36)23-20(29)16-5-6-27(7-8-27)24(16)38-23/h4,11-13H,1,5-10H2,2-3H3,(H,33,36)(H2,30,31,32). The van der Waals surface area contributed by atoms with Gasteiger partial charge in [-0.3, -0.25) is 9.59 Å². The summed E-state index contributed by atoms with van der Waals surface area (Å²) in [6, 6.07) is 2.43. The van der Waals surface area contributed by atoms with Gasteiger partial charge in [-0.15, -0.1) is 11.3 Å². The number of carbonyl (C=O) groups is 2. The molecule has 0 saturated heterocycles. The molecular weight excluding hydrogens is 512 g/mol. The Kier molecular flexibility index (Phi) is 6.64. The van der Waals surface area contributed by atoms with Crippen molar-refractivity contribution in [2.24, 2.45) is 0 Å². The zero-order valence-corrected chi connectivity index (χ0v) is 21.9. The third-order valence-electron chi connectivity index (χ3n) is 7.27. The lowest BCUT2D eigenvalue weighted by Gasteiger charge is -2.18. The number of halogens is 2. The number of anilines is 2. The molecule has 0 bridgehead atoms. The molecule has 198 valence electrons. The van der Waals surface area contributed by atoms with Crippen molar-refractivity contribution < 1.29 is 23.1 Å². The van der Waals surface area contributed by atoms with E-state index in [1.54, 1.807) is 14.0 Å². The Morgan fingerprint density at radius 1 is 1.29 bits per heavy atom. The summed E-state index contributed by atoms with van der Waals surface area (Å²) >= 11 is 1.20. The van der Waals surface area contributed by atoms with Crippen molar-refractivity contribution in [1.82, 2.24) is 14.9 Å². The number of nitrogens with zero attached hydrogens (tertiary/aromatic N) is 3. The van der Waals surface area contributed by atoms with Crippen molar-refractivity contribution in [3.05, 3.63) is 63.6 Å². The SMILES string of the molecule is C=CC(=O)N(C)CCOc1c(N)ncnc1-c1cc(F)cc(NC(=O)c2sc3c(c2F)CCC32CC2)c1C. The second-order valence-electron chi connectivity index (χ2n) is 9.66. The van der Waals surface area contributed by atoms with Crippen LogP contribution in [-0.4, -0.2) is 46.9 Å². The van der Waals surface area contributed by atoms with Crippen LogP contribution in [0.4, 0.5) is 20.3 Å². The number of amides is 2. The quantitative estimate of drug-likeness (QED) is 0.404. The number of nitrogens with one attached hydrogen (secondary N) is 1. The maximum absolute atomic E-state index is 15.1. The number of carbonyl (C=O) groups excluding carboxylic acids is 2. The van der Waals surface area contributed by atoms with Crippen LogP contribution >= 0.6 is 11.3 Å². The molecule has 0 atom stereocenters. The fourth-order valence-electron chi connectivity index (χ4n) is 4.85. The molecule has 5 rings (SSSR count). The van der Waals surface area contributed by atoms with Gasteiger partial charge in [0, 0.05) is 34.2 Å². The molecular formula is C27H27F2N5O3S. The van der Waals surface area contributed by atoms with Gasteiger partial charge in [0.2, 0.25) is 5.91 Å². The number of ether oxygens (including phenoxy) is 1. The van der Waals surface area contributed by atoms with Gasteiger partial charge in [-0.25, -0.2) is 18.7 Å². The summed E-state index contributed by atoms with van der Waals surface area (Å²) in [5.41, 5.74) is 7.96. The number of thiophene rings is 1. The summed E-state index contributed by atoms with van der Waals surface area (Å²) in [4.78, 5) is 35.5. The van der Waals surface area contributed by atoms with Gasteiger partial charge >= 0.3 is 0 Å². The highest BCUT2D eigenvalue weighted by molar-refractivity contribution is 7.14. The summed E-state index contributed by atoms with van der Waals surface area (Å²) in [5, 5.41) is 2.69. The minimum absolute atomic E-state index is 0.0136. The van der Waals surface area contributed by atoms with Crippen LogP contribution in [0.2, 0.25) is 0 Å². The van der Waals surface area contributed by atoms with Crippen LogP contribution < -0.4 is 15.8 Å². The number of hydrogen-bond donors (Lipinski definition) is 2. The summed E-state index contributed by atoms with van der Waals surface area (Å²) in [7, 11) is 1.60. The van der Waals surface area contributed by atoms with Crippen LogP contribution in [0.3, 0.4) is 0 Å². The Balaban J connectivity index is 1.42. The smallest absolute Gasteiger partial charge is 0.268 e. The number of likely N-dealkylation sites (N-methyl/N-ethyl adjacent to an activating group) is 1. The summed E-state index contributed by atoms with van der Waals surface area (Å²) in [6.07, 6.45) is 6.05. The number of rotatable bonds is 8. The van der Waals surface area contributed by atoms with E-state index in [0.29, 0.717) is 23.1 Å². The van der Waals surface area contributed by atoms with Gasteiger partial charge < -0.3 is 20.7 Å². The molecule has 2 aromatic heterocycles. The fourth-order valence-corrected chi connectivity index (χ4v) is 6.25. The zero-order chi connectivity index (χ0) is 27.2. The van der Waals surface area contributed by atoms with E-state index in [4.69, 9.17) is 10.5 Å². The van der Waals surface area contributed by atoms with E-state index >= 15 is 4.39 Å². The minimum atomic E-state index is -0.633. The van der Waals surface area contributed by atoms with Gasteiger partial charge in [-0.2, -0.15) is 0 Å². The molecule has 1 spiro atoms. The maximum Gasteiger partial charge on any atom is 0.268 e. The van der Waals surface area contributed by atoms with E-state index in [2.05, 4.69) is 21.9 Å².